The van der Waals surface area contributed by atoms with Crippen LogP contribution in [0, 0.1) is 6.92 Å². The fraction of sp³-hybridized carbons (Fsp3) is 0.227. The van der Waals surface area contributed by atoms with Gasteiger partial charge in [0.15, 0.2) is 0 Å². The zero-order valence-electron chi connectivity index (χ0n) is 16.5. The zero-order chi connectivity index (χ0) is 21.8. The van der Waals surface area contributed by atoms with Crippen LogP contribution < -0.4 is 10.2 Å². The van der Waals surface area contributed by atoms with Crippen molar-refractivity contribution in [1.82, 2.24) is 0 Å². The number of rotatable bonds is 7. The Kier molecular flexibility index (Phi) is 6.80. The van der Waals surface area contributed by atoms with Crippen molar-refractivity contribution in [2.24, 2.45) is 0 Å². The number of unbranched alkanes of at least 4 members (excludes halogenated alkanes) is 1. The Morgan fingerprint density at radius 2 is 1.77 bits per heavy atom. The predicted molar refractivity (Wildman–Crippen MR) is 117 cm³/mol. The van der Waals surface area contributed by atoms with Gasteiger partial charge in [-0.1, -0.05) is 42.6 Å². The maximum atomic E-state index is 12.8. The van der Waals surface area contributed by atoms with E-state index in [-0.39, 0.29) is 10.7 Å². The molecule has 0 fully saturated rings. The van der Waals surface area contributed by atoms with Crippen molar-refractivity contribution in [2.45, 2.75) is 26.7 Å². The van der Waals surface area contributed by atoms with E-state index in [0.29, 0.717) is 28.6 Å². The highest BCUT2D eigenvalue weighted by atomic mass is 35.5. The third kappa shape index (κ3) is 4.50. The van der Waals surface area contributed by atoms with Gasteiger partial charge in [-0.15, -0.1) is 0 Å². The van der Waals surface area contributed by atoms with E-state index in [1.165, 1.54) is 0 Å². The van der Waals surface area contributed by atoms with Crippen molar-refractivity contribution >= 4 is 52.4 Å². The number of esters is 1. The van der Waals surface area contributed by atoms with Crippen LogP contribution in [-0.4, -0.2) is 24.4 Å². The minimum absolute atomic E-state index is 0.0448. The molecule has 2 aromatic carbocycles. The van der Waals surface area contributed by atoms with Crippen molar-refractivity contribution in [3.63, 3.8) is 0 Å². The number of carbonyl (C=O) groups is 3. The summed E-state index contributed by atoms with van der Waals surface area (Å²) in [5.41, 5.74) is 2.00. The Bertz CT molecular complexity index is 1030. The van der Waals surface area contributed by atoms with Gasteiger partial charge in [-0.25, -0.2) is 9.69 Å². The van der Waals surface area contributed by atoms with E-state index in [2.05, 4.69) is 5.32 Å². The largest absolute Gasteiger partial charge is 0.462 e. The minimum atomic E-state index is -0.639. The SMILES string of the molecule is CCCCOC(=O)c1ccc(NC2=C(Cl)C(=O)N(c3ccc(C)c(Cl)c3)C2=O)cc1. The molecule has 2 amide bonds. The summed E-state index contributed by atoms with van der Waals surface area (Å²) < 4.78 is 5.17. The zero-order valence-corrected chi connectivity index (χ0v) is 18.0. The molecule has 1 aliphatic heterocycles. The topological polar surface area (TPSA) is 75.7 Å². The summed E-state index contributed by atoms with van der Waals surface area (Å²) in [6.07, 6.45) is 1.74. The summed E-state index contributed by atoms with van der Waals surface area (Å²) >= 11 is 12.3. The molecular formula is C22H20Cl2N2O4. The highest BCUT2D eigenvalue weighted by Gasteiger charge is 2.39. The van der Waals surface area contributed by atoms with Crippen LogP contribution in [0.15, 0.2) is 53.2 Å². The summed E-state index contributed by atoms with van der Waals surface area (Å²) in [7, 11) is 0. The molecule has 8 heteroatoms. The standard InChI is InChI=1S/C22H20Cl2N2O4/c1-3-4-11-30-22(29)14-6-8-15(9-7-14)25-19-18(24)20(27)26(21(19)28)16-10-5-13(2)17(23)12-16/h5-10,12,25H,3-4,11H2,1-2H3. The van der Waals surface area contributed by atoms with Crippen LogP contribution in [0.25, 0.3) is 0 Å². The molecule has 0 bridgehead atoms. The van der Waals surface area contributed by atoms with Crippen LogP contribution in [0.5, 0.6) is 0 Å². The lowest BCUT2D eigenvalue weighted by Gasteiger charge is -2.16. The second kappa shape index (κ2) is 9.32. The lowest BCUT2D eigenvalue weighted by molar-refractivity contribution is -0.120. The molecule has 0 saturated carbocycles. The fourth-order valence-corrected chi connectivity index (χ4v) is 3.18. The maximum Gasteiger partial charge on any atom is 0.338 e. The molecule has 6 nitrogen and oxygen atoms in total. The highest BCUT2D eigenvalue weighted by Crippen LogP contribution is 2.32. The van der Waals surface area contributed by atoms with E-state index in [4.69, 9.17) is 27.9 Å². The van der Waals surface area contributed by atoms with E-state index in [9.17, 15) is 14.4 Å². The van der Waals surface area contributed by atoms with Crippen LogP contribution in [0.1, 0.15) is 35.7 Å². The van der Waals surface area contributed by atoms with Crippen LogP contribution >= 0.6 is 23.2 Å². The van der Waals surface area contributed by atoms with E-state index in [0.717, 1.165) is 23.3 Å². The van der Waals surface area contributed by atoms with Crippen molar-refractivity contribution in [3.8, 4) is 0 Å². The third-order valence-electron chi connectivity index (χ3n) is 4.56. The highest BCUT2D eigenvalue weighted by molar-refractivity contribution is 6.53. The summed E-state index contributed by atoms with van der Waals surface area (Å²) in [5.74, 6) is -1.64. The summed E-state index contributed by atoms with van der Waals surface area (Å²) in [6, 6.07) is 11.2. The maximum absolute atomic E-state index is 12.8. The van der Waals surface area contributed by atoms with Gasteiger partial charge in [0.25, 0.3) is 11.8 Å². The van der Waals surface area contributed by atoms with Crippen LogP contribution in [0.2, 0.25) is 5.02 Å². The van der Waals surface area contributed by atoms with E-state index in [1.54, 1.807) is 42.5 Å². The quantitative estimate of drug-likeness (QED) is 0.366. The fourth-order valence-electron chi connectivity index (χ4n) is 2.79. The lowest BCUT2D eigenvalue weighted by Crippen LogP contribution is -2.32. The van der Waals surface area contributed by atoms with Crippen molar-refractivity contribution < 1.29 is 19.1 Å². The molecule has 30 heavy (non-hydrogen) atoms. The number of hydrogen-bond donors (Lipinski definition) is 1. The molecule has 0 aromatic heterocycles. The number of benzene rings is 2. The van der Waals surface area contributed by atoms with Crippen molar-refractivity contribution in [1.29, 1.82) is 0 Å². The number of anilines is 2. The molecule has 1 N–H and O–H groups in total. The number of nitrogens with one attached hydrogen (secondary N) is 1. The van der Waals surface area contributed by atoms with Crippen LogP contribution in [0.3, 0.4) is 0 Å². The van der Waals surface area contributed by atoms with Gasteiger partial charge < -0.3 is 10.1 Å². The minimum Gasteiger partial charge on any atom is -0.462 e. The smallest absolute Gasteiger partial charge is 0.338 e. The average Bonchev–Trinajstić information content (AvgIpc) is 2.94. The number of imide groups is 1. The Hall–Kier alpha value is -2.83. The molecule has 0 atom stereocenters. The molecule has 3 rings (SSSR count). The number of hydrogen-bond acceptors (Lipinski definition) is 5. The van der Waals surface area contributed by atoms with Gasteiger partial charge in [0.05, 0.1) is 17.9 Å². The molecule has 0 spiro atoms. The average molecular weight is 447 g/mol. The van der Waals surface area contributed by atoms with Gasteiger partial charge >= 0.3 is 5.97 Å². The van der Waals surface area contributed by atoms with Crippen LogP contribution in [-0.2, 0) is 14.3 Å². The first-order valence-corrected chi connectivity index (χ1v) is 10.2. The Balaban J connectivity index is 1.74. The molecular weight excluding hydrogens is 427 g/mol. The normalized spacial score (nSPS) is 13.8. The second-order valence-electron chi connectivity index (χ2n) is 6.76. The molecule has 0 saturated heterocycles. The lowest BCUT2D eigenvalue weighted by atomic mass is 10.2. The van der Waals surface area contributed by atoms with Gasteiger partial charge in [0, 0.05) is 10.7 Å². The molecule has 156 valence electrons. The monoisotopic (exact) mass is 446 g/mol. The van der Waals surface area contributed by atoms with E-state index < -0.39 is 17.8 Å². The number of halogens is 2. The van der Waals surface area contributed by atoms with Gasteiger partial charge in [-0.05, 0) is 55.3 Å². The van der Waals surface area contributed by atoms with E-state index in [1.807, 2.05) is 13.8 Å². The third-order valence-corrected chi connectivity index (χ3v) is 5.32. The van der Waals surface area contributed by atoms with Crippen molar-refractivity contribution in [2.75, 3.05) is 16.8 Å². The first kappa shape index (κ1) is 21.9. The Morgan fingerprint density at radius 3 is 2.40 bits per heavy atom. The van der Waals surface area contributed by atoms with E-state index >= 15 is 0 Å². The first-order chi connectivity index (χ1) is 14.3. The molecule has 1 heterocycles. The Labute approximate surface area is 184 Å². The second-order valence-corrected chi connectivity index (χ2v) is 7.55. The molecule has 2 aromatic rings. The summed E-state index contributed by atoms with van der Waals surface area (Å²) in [5, 5.41) is 3.08. The summed E-state index contributed by atoms with van der Waals surface area (Å²) in [4.78, 5) is 38.3. The van der Waals surface area contributed by atoms with Gasteiger partial charge in [0.2, 0.25) is 0 Å². The number of carbonyl (C=O) groups excluding carboxylic acids is 3. The number of nitrogens with zero attached hydrogens (tertiary/aromatic N) is 1. The first-order valence-electron chi connectivity index (χ1n) is 9.42. The van der Waals surface area contributed by atoms with Crippen LogP contribution in [0.4, 0.5) is 11.4 Å². The Morgan fingerprint density at radius 1 is 1.07 bits per heavy atom. The molecule has 0 aliphatic carbocycles. The summed E-state index contributed by atoms with van der Waals surface area (Å²) in [6.45, 7) is 4.20. The molecule has 0 unspecified atom stereocenters. The number of amides is 2. The predicted octanol–water partition coefficient (Wildman–Crippen LogP) is 5.04. The molecule has 0 radical (unpaired) electrons. The van der Waals surface area contributed by atoms with Gasteiger partial charge in [0.1, 0.15) is 10.7 Å². The van der Waals surface area contributed by atoms with Crippen molar-refractivity contribution in [3.05, 3.63) is 69.3 Å². The van der Waals surface area contributed by atoms with Gasteiger partial charge in [-0.2, -0.15) is 0 Å². The van der Waals surface area contributed by atoms with Gasteiger partial charge in [-0.3, -0.25) is 9.59 Å². The molecule has 1 aliphatic rings. The number of ether oxygens (including phenoxy) is 1. The number of aryl methyl sites for hydroxylation is 1.